The van der Waals surface area contributed by atoms with E-state index in [-0.39, 0.29) is 27.9 Å². The number of carbonyl (C=O) groups is 1. The van der Waals surface area contributed by atoms with Gasteiger partial charge < -0.3 is 8.92 Å². The molecular formula is C18H17NO7S. The van der Waals surface area contributed by atoms with E-state index >= 15 is 0 Å². The first-order chi connectivity index (χ1) is 12.8. The van der Waals surface area contributed by atoms with Crippen LogP contribution in [0, 0.1) is 10.1 Å². The molecule has 0 aliphatic rings. The van der Waals surface area contributed by atoms with Crippen molar-refractivity contribution < 1.29 is 27.1 Å². The van der Waals surface area contributed by atoms with Gasteiger partial charge in [0, 0.05) is 18.6 Å². The van der Waals surface area contributed by atoms with Gasteiger partial charge in [0.05, 0.1) is 12.0 Å². The Kier molecular flexibility index (Phi) is 6.30. The highest BCUT2D eigenvalue weighted by Gasteiger charge is 2.20. The van der Waals surface area contributed by atoms with Gasteiger partial charge in [-0.2, -0.15) is 8.42 Å². The molecule has 0 fully saturated rings. The van der Waals surface area contributed by atoms with Gasteiger partial charge in [0.15, 0.2) is 17.3 Å². The van der Waals surface area contributed by atoms with Gasteiger partial charge in [-0.25, -0.2) is 0 Å². The summed E-state index contributed by atoms with van der Waals surface area (Å²) in [5.41, 5.74) is 0.401. The van der Waals surface area contributed by atoms with Gasteiger partial charge in [-0.3, -0.25) is 14.9 Å². The number of carbonyl (C=O) groups excluding carboxylic acids is 1. The number of ketones is 1. The minimum atomic E-state index is -4.21. The molecule has 0 spiro atoms. The van der Waals surface area contributed by atoms with E-state index in [1.807, 2.05) is 0 Å². The van der Waals surface area contributed by atoms with Crippen LogP contribution in [0.1, 0.15) is 18.9 Å². The summed E-state index contributed by atoms with van der Waals surface area (Å²) in [7, 11) is -2.85. The lowest BCUT2D eigenvalue weighted by Gasteiger charge is -2.11. The molecule has 0 heterocycles. The van der Waals surface area contributed by atoms with E-state index in [4.69, 9.17) is 8.92 Å². The van der Waals surface area contributed by atoms with Gasteiger partial charge >= 0.3 is 10.1 Å². The topological polar surface area (TPSA) is 113 Å². The highest BCUT2D eigenvalue weighted by Crippen LogP contribution is 2.31. The van der Waals surface area contributed by atoms with Crippen molar-refractivity contribution in [2.24, 2.45) is 0 Å². The summed E-state index contributed by atoms with van der Waals surface area (Å²) in [4.78, 5) is 21.2. The number of methoxy groups -OCH3 is 1. The van der Waals surface area contributed by atoms with Crippen molar-refractivity contribution in [3.8, 4) is 11.5 Å². The number of ether oxygens (including phenoxy) is 1. The quantitative estimate of drug-likeness (QED) is 0.293. The number of hydrogen-bond donors (Lipinski definition) is 0. The zero-order valence-corrected chi connectivity index (χ0v) is 15.4. The minimum Gasteiger partial charge on any atom is -0.493 e. The summed E-state index contributed by atoms with van der Waals surface area (Å²) in [5.74, 6) is 0.0662. The van der Waals surface area contributed by atoms with Gasteiger partial charge in [0.2, 0.25) is 0 Å². The standard InChI is InChI=1S/C18H17NO7S/c1-3-15(20)8-4-13-5-11-17(18(12-13)25-2)26-27(23,24)16-9-6-14(7-10-16)19(21)22/h4-12H,3H2,1-2H3/b8-4+. The van der Waals surface area contributed by atoms with E-state index in [0.717, 1.165) is 24.3 Å². The van der Waals surface area contributed by atoms with Crippen LogP contribution in [0.2, 0.25) is 0 Å². The Bertz CT molecular complexity index is 979. The maximum Gasteiger partial charge on any atom is 0.339 e. The molecule has 2 aromatic carbocycles. The molecule has 8 nitrogen and oxygen atoms in total. The zero-order valence-electron chi connectivity index (χ0n) is 14.6. The van der Waals surface area contributed by atoms with Crippen LogP contribution in [-0.4, -0.2) is 26.2 Å². The Morgan fingerprint density at radius 3 is 2.37 bits per heavy atom. The summed E-state index contributed by atoms with van der Waals surface area (Å²) in [6.07, 6.45) is 3.38. The minimum absolute atomic E-state index is 0.0463. The van der Waals surface area contributed by atoms with Crippen molar-refractivity contribution in [3.05, 3.63) is 64.2 Å². The van der Waals surface area contributed by atoms with Crippen LogP contribution < -0.4 is 8.92 Å². The number of nitrogens with zero attached hydrogens (tertiary/aromatic N) is 1. The fraction of sp³-hybridized carbons (Fsp3) is 0.167. The fourth-order valence-corrected chi connectivity index (χ4v) is 3.00. The number of rotatable bonds is 8. The van der Waals surface area contributed by atoms with Crippen molar-refractivity contribution >= 4 is 27.7 Å². The maximum atomic E-state index is 12.4. The van der Waals surface area contributed by atoms with Crippen molar-refractivity contribution in [1.82, 2.24) is 0 Å². The summed E-state index contributed by atoms with van der Waals surface area (Å²) in [5, 5.41) is 10.7. The highest BCUT2D eigenvalue weighted by molar-refractivity contribution is 7.87. The van der Waals surface area contributed by atoms with Crippen LogP contribution in [0.5, 0.6) is 11.5 Å². The molecule has 2 rings (SSSR count). The monoisotopic (exact) mass is 391 g/mol. The average Bonchev–Trinajstić information content (AvgIpc) is 2.66. The van der Waals surface area contributed by atoms with Crippen molar-refractivity contribution in [2.45, 2.75) is 18.2 Å². The molecule has 0 saturated heterocycles. The predicted octanol–water partition coefficient (Wildman–Crippen LogP) is 3.36. The molecule has 0 amide bonds. The number of benzene rings is 2. The molecule has 0 atom stereocenters. The molecular weight excluding hydrogens is 374 g/mol. The third kappa shape index (κ3) is 5.14. The summed E-state index contributed by atoms with van der Waals surface area (Å²) < 4.78 is 35.0. The molecule has 0 unspecified atom stereocenters. The number of allylic oxidation sites excluding steroid dienone is 1. The maximum absolute atomic E-state index is 12.4. The summed E-state index contributed by atoms with van der Waals surface area (Å²) in [6.45, 7) is 1.74. The van der Waals surface area contributed by atoms with E-state index in [9.17, 15) is 23.3 Å². The first-order valence-electron chi connectivity index (χ1n) is 7.84. The zero-order chi connectivity index (χ0) is 20.0. The molecule has 0 aliphatic heterocycles. The van der Waals surface area contributed by atoms with E-state index in [0.29, 0.717) is 12.0 Å². The van der Waals surface area contributed by atoms with Gasteiger partial charge in [0.1, 0.15) is 4.90 Å². The van der Waals surface area contributed by atoms with Crippen molar-refractivity contribution in [3.63, 3.8) is 0 Å². The Morgan fingerprint density at radius 2 is 1.81 bits per heavy atom. The largest absolute Gasteiger partial charge is 0.493 e. The molecule has 0 radical (unpaired) electrons. The van der Waals surface area contributed by atoms with Crippen LogP contribution in [0.15, 0.2) is 53.4 Å². The fourth-order valence-electron chi connectivity index (χ4n) is 2.06. The summed E-state index contributed by atoms with van der Waals surface area (Å²) in [6, 6.07) is 8.83. The molecule has 0 saturated carbocycles. The Labute approximate surface area is 156 Å². The normalized spacial score (nSPS) is 11.3. The van der Waals surface area contributed by atoms with Crippen LogP contribution >= 0.6 is 0 Å². The SMILES string of the molecule is CCC(=O)/C=C/c1ccc(OS(=O)(=O)c2ccc([N+](=O)[O-])cc2)c(OC)c1. The second-order valence-electron chi connectivity index (χ2n) is 5.35. The molecule has 2 aromatic rings. The lowest BCUT2D eigenvalue weighted by atomic mass is 10.1. The van der Waals surface area contributed by atoms with Crippen LogP contribution in [-0.2, 0) is 14.9 Å². The Hall–Kier alpha value is -3.20. The average molecular weight is 391 g/mol. The van der Waals surface area contributed by atoms with Gasteiger partial charge in [-0.15, -0.1) is 0 Å². The number of non-ortho nitro benzene ring substituents is 1. The van der Waals surface area contributed by atoms with E-state index in [1.165, 1.54) is 25.3 Å². The lowest BCUT2D eigenvalue weighted by Crippen LogP contribution is -2.10. The number of nitro benzene ring substituents is 1. The summed E-state index contributed by atoms with van der Waals surface area (Å²) >= 11 is 0. The van der Waals surface area contributed by atoms with Crippen LogP contribution in [0.4, 0.5) is 5.69 Å². The Balaban J connectivity index is 2.28. The highest BCUT2D eigenvalue weighted by atomic mass is 32.2. The molecule has 0 bridgehead atoms. The van der Waals surface area contributed by atoms with Crippen LogP contribution in [0.25, 0.3) is 6.08 Å². The van der Waals surface area contributed by atoms with Gasteiger partial charge in [-0.05, 0) is 35.9 Å². The lowest BCUT2D eigenvalue weighted by molar-refractivity contribution is -0.384. The molecule has 0 aliphatic carbocycles. The van der Waals surface area contributed by atoms with Crippen molar-refractivity contribution in [1.29, 1.82) is 0 Å². The second kappa shape index (κ2) is 8.45. The number of hydrogen-bond acceptors (Lipinski definition) is 7. The van der Waals surface area contributed by atoms with E-state index in [2.05, 4.69) is 0 Å². The first kappa shape index (κ1) is 20.1. The molecule has 27 heavy (non-hydrogen) atoms. The first-order valence-corrected chi connectivity index (χ1v) is 9.25. The van der Waals surface area contributed by atoms with E-state index in [1.54, 1.807) is 19.1 Å². The van der Waals surface area contributed by atoms with Crippen LogP contribution in [0.3, 0.4) is 0 Å². The van der Waals surface area contributed by atoms with Gasteiger partial charge in [0.25, 0.3) is 5.69 Å². The predicted molar refractivity (Wildman–Crippen MR) is 98.2 cm³/mol. The number of nitro groups is 1. The molecule has 142 valence electrons. The molecule has 0 aromatic heterocycles. The Morgan fingerprint density at radius 1 is 1.15 bits per heavy atom. The smallest absolute Gasteiger partial charge is 0.339 e. The molecule has 0 N–H and O–H groups in total. The van der Waals surface area contributed by atoms with Gasteiger partial charge in [-0.1, -0.05) is 19.1 Å². The third-order valence-corrected chi connectivity index (χ3v) is 4.78. The second-order valence-corrected chi connectivity index (χ2v) is 6.90. The van der Waals surface area contributed by atoms with Crippen molar-refractivity contribution in [2.75, 3.05) is 7.11 Å². The molecule has 9 heteroatoms. The van der Waals surface area contributed by atoms with E-state index < -0.39 is 15.0 Å². The third-order valence-electron chi connectivity index (χ3n) is 3.53.